The van der Waals surface area contributed by atoms with E-state index in [0.717, 1.165) is 11.1 Å². The van der Waals surface area contributed by atoms with Gasteiger partial charge in [-0.15, -0.1) is 0 Å². The van der Waals surface area contributed by atoms with Crippen LogP contribution in [0.3, 0.4) is 0 Å². The smallest absolute Gasteiger partial charge is 0.141 e. The highest BCUT2D eigenvalue weighted by Crippen LogP contribution is 2.25. The van der Waals surface area contributed by atoms with Crippen LogP contribution in [-0.4, -0.2) is 0 Å². The molecule has 0 aliphatic heterocycles. The molecule has 0 fully saturated rings. The lowest BCUT2D eigenvalue weighted by atomic mass is 9.99. The van der Waals surface area contributed by atoms with E-state index >= 15 is 0 Å². The van der Waals surface area contributed by atoms with Crippen LogP contribution < -0.4 is 11.3 Å². The Morgan fingerprint density at radius 2 is 1.85 bits per heavy atom. The molecule has 1 unspecified atom stereocenters. The van der Waals surface area contributed by atoms with Gasteiger partial charge in [-0.3, -0.25) is 11.3 Å². The van der Waals surface area contributed by atoms with Crippen molar-refractivity contribution in [1.29, 1.82) is 0 Å². The van der Waals surface area contributed by atoms with Crippen molar-refractivity contribution in [3.63, 3.8) is 0 Å². The second-order valence-corrected chi connectivity index (χ2v) is 5.61. The van der Waals surface area contributed by atoms with Crippen LogP contribution in [0.4, 0.5) is 8.78 Å². The Labute approximate surface area is 129 Å². The summed E-state index contributed by atoms with van der Waals surface area (Å²) in [5, 5.41) is 0.0681. The van der Waals surface area contributed by atoms with Gasteiger partial charge in [0.15, 0.2) is 0 Å². The molecule has 2 rings (SSSR count). The number of rotatable bonds is 4. The summed E-state index contributed by atoms with van der Waals surface area (Å²) in [4.78, 5) is 0. The fourth-order valence-corrected chi connectivity index (χ4v) is 2.50. The van der Waals surface area contributed by atoms with Gasteiger partial charge in [-0.1, -0.05) is 23.7 Å². The number of halogens is 4. The summed E-state index contributed by atoms with van der Waals surface area (Å²) in [5.74, 6) is 4.74. The van der Waals surface area contributed by atoms with Gasteiger partial charge in [0, 0.05) is 0 Å². The first-order valence-corrected chi connectivity index (χ1v) is 7.03. The van der Waals surface area contributed by atoms with Gasteiger partial charge in [-0.2, -0.15) is 0 Å². The maximum Gasteiger partial charge on any atom is 0.141 e. The van der Waals surface area contributed by atoms with Crippen molar-refractivity contribution in [2.75, 3.05) is 0 Å². The van der Waals surface area contributed by atoms with Crippen LogP contribution >= 0.6 is 27.5 Å². The molecule has 0 saturated carbocycles. The summed E-state index contributed by atoms with van der Waals surface area (Å²) in [6.07, 6.45) is 0.509. The second-order valence-electron chi connectivity index (χ2n) is 4.35. The van der Waals surface area contributed by atoms with Crippen molar-refractivity contribution in [2.24, 2.45) is 5.84 Å². The van der Waals surface area contributed by atoms with Gasteiger partial charge >= 0.3 is 0 Å². The quantitative estimate of drug-likeness (QED) is 0.635. The van der Waals surface area contributed by atoms with Crippen LogP contribution in [0.15, 0.2) is 40.9 Å². The number of nitrogens with two attached hydrogens (primary N) is 1. The maximum atomic E-state index is 13.2. The summed E-state index contributed by atoms with van der Waals surface area (Å²) in [7, 11) is 0. The first-order valence-electron chi connectivity index (χ1n) is 5.86. The normalized spacial score (nSPS) is 12.4. The van der Waals surface area contributed by atoms with E-state index in [1.54, 1.807) is 24.3 Å². The van der Waals surface area contributed by atoms with Crippen LogP contribution in [-0.2, 0) is 6.42 Å². The van der Waals surface area contributed by atoms with Gasteiger partial charge in [0.25, 0.3) is 0 Å². The third kappa shape index (κ3) is 3.55. The average molecular weight is 362 g/mol. The SMILES string of the molecule is NNC(Cc1ccc(F)c(Cl)c1)c1ccc(F)c(Br)c1. The molecule has 6 heteroatoms. The lowest BCUT2D eigenvalue weighted by molar-refractivity contribution is 0.547. The van der Waals surface area contributed by atoms with E-state index in [0.29, 0.717) is 10.9 Å². The molecule has 0 aliphatic carbocycles. The zero-order valence-electron chi connectivity index (χ0n) is 10.3. The summed E-state index contributed by atoms with van der Waals surface area (Å²) in [6.45, 7) is 0. The molecular weight excluding hydrogens is 350 g/mol. The maximum absolute atomic E-state index is 13.2. The molecule has 20 heavy (non-hydrogen) atoms. The predicted octanol–water partition coefficient (Wildman–Crippen LogP) is 4.13. The molecule has 106 valence electrons. The summed E-state index contributed by atoms with van der Waals surface area (Å²) < 4.78 is 26.7. The lowest BCUT2D eigenvalue weighted by Gasteiger charge is -2.17. The molecule has 2 nitrogen and oxygen atoms in total. The van der Waals surface area contributed by atoms with E-state index in [1.165, 1.54) is 12.1 Å². The zero-order chi connectivity index (χ0) is 14.7. The largest absolute Gasteiger partial charge is 0.271 e. The monoisotopic (exact) mass is 360 g/mol. The Bertz CT molecular complexity index is 622. The zero-order valence-corrected chi connectivity index (χ0v) is 12.7. The third-order valence-corrected chi connectivity index (χ3v) is 3.87. The number of hydrogen-bond acceptors (Lipinski definition) is 2. The van der Waals surface area contributed by atoms with Crippen molar-refractivity contribution >= 4 is 27.5 Å². The molecule has 0 aliphatic rings. The van der Waals surface area contributed by atoms with Gasteiger partial charge in [0.05, 0.1) is 15.5 Å². The van der Waals surface area contributed by atoms with E-state index in [1.807, 2.05) is 0 Å². The minimum absolute atomic E-state index is 0.0681. The minimum Gasteiger partial charge on any atom is -0.271 e. The van der Waals surface area contributed by atoms with Crippen molar-refractivity contribution in [3.05, 3.63) is 68.7 Å². The third-order valence-electron chi connectivity index (χ3n) is 2.97. The predicted molar refractivity (Wildman–Crippen MR) is 79.3 cm³/mol. The average Bonchev–Trinajstić information content (AvgIpc) is 2.43. The Morgan fingerprint density at radius 1 is 1.15 bits per heavy atom. The standard InChI is InChI=1S/C14H12BrClF2N2/c15-10-7-9(2-4-12(10)17)14(20-19)6-8-1-3-13(18)11(16)5-8/h1-5,7,14,20H,6,19H2. The molecule has 2 aromatic rings. The summed E-state index contributed by atoms with van der Waals surface area (Å²) >= 11 is 8.88. The Hall–Kier alpha value is -1.01. The van der Waals surface area contributed by atoms with Gasteiger partial charge < -0.3 is 0 Å². The van der Waals surface area contributed by atoms with Gasteiger partial charge in [-0.25, -0.2) is 8.78 Å². The van der Waals surface area contributed by atoms with Crippen LogP contribution in [0.5, 0.6) is 0 Å². The van der Waals surface area contributed by atoms with Crippen LogP contribution in [0, 0.1) is 11.6 Å². The molecule has 2 aromatic carbocycles. The number of hydrazine groups is 1. The Kier molecular flexibility index (Phi) is 5.10. The van der Waals surface area contributed by atoms with Crippen molar-refractivity contribution in [2.45, 2.75) is 12.5 Å². The van der Waals surface area contributed by atoms with Crippen LogP contribution in [0.1, 0.15) is 17.2 Å². The molecule has 0 bridgehead atoms. The molecule has 0 heterocycles. The summed E-state index contributed by atoms with van der Waals surface area (Å²) in [5.41, 5.74) is 4.32. The van der Waals surface area contributed by atoms with E-state index in [-0.39, 0.29) is 16.9 Å². The first-order chi connectivity index (χ1) is 9.51. The topological polar surface area (TPSA) is 38.0 Å². The van der Waals surface area contributed by atoms with E-state index < -0.39 is 5.82 Å². The van der Waals surface area contributed by atoms with E-state index in [9.17, 15) is 8.78 Å². The van der Waals surface area contributed by atoms with E-state index in [4.69, 9.17) is 17.4 Å². The molecule has 1 atom stereocenters. The highest BCUT2D eigenvalue weighted by molar-refractivity contribution is 9.10. The molecular formula is C14H12BrClF2N2. The molecule has 0 amide bonds. The Balaban J connectivity index is 2.23. The van der Waals surface area contributed by atoms with Crippen molar-refractivity contribution in [1.82, 2.24) is 5.43 Å². The van der Waals surface area contributed by atoms with Crippen LogP contribution in [0.25, 0.3) is 0 Å². The molecule has 0 saturated heterocycles. The number of nitrogens with one attached hydrogen (secondary N) is 1. The van der Waals surface area contributed by atoms with Crippen LogP contribution in [0.2, 0.25) is 5.02 Å². The summed E-state index contributed by atoms with van der Waals surface area (Å²) in [6, 6.07) is 8.95. The molecule has 0 spiro atoms. The van der Waals surface area contributed by atoms with Gasteiger partial charge in [-0.05, 0) is 57.7 Å². The highest BCUT2D eigenvalue weighted by atomic mass is 79.9. The van der Waals surface area contributed by atoms with Gasteiger partial charge in [0.2, 0.25) is 0 Å². The number of hydrogen-bond donors (Lipinski definition) is 2. The first kappa shape index (κ1) is 15.4. The van der Waals surface area contributed by atoms with Crippen molar-refractivity contribution < 1.29 is 8.78 Å². The second kappa shape index (κ2) is 6.63. The van der Waals surface area contributed by atoms with Crippen molar-refractivity contribution in [3.8, 4) is 0 Å². The Morgan fingerprint density at radius 3 is 2.45 bits per heavy atom. The fourth-order valence-electron chi connectivity index (χ4n) is 1.90. The van der Waals surface area contributed by atoms with Gasteiger partial charge in [0.1, 0.15) is 11.6 Å². The highest BCUT2D eigenvalue weighted by Gasteiger charge is 2.13. The number of benzene rings is 2. The fraction of sp³-hybridized carbons (Fsp3) is 0.143. The lowest BCUT2D eigenvalue weighted by Crippen LogP contribution is -2.29. The molecule has 0 aromatic heterocycles. The minimum atomic E-state index is -0.461. The molecule has 3 N–H and O–H groups in total. The van der Waals surface area contributed by atoms with E-state index in [2.05, 4.69) is 21.4 Å². The molecule has 0 radical (unpaired) electrons.